The average molecular weight is 135 g/mol. The summed E-state index contributed by atoms with van der Waals surface area (Å²) in [6.45, 7) is 3.83. The summed E-state index contributed by atoms with van der Waals surface area (Å²) < 4.78 is 12.8. The van der Waals surface area contributed by atoms with Crippen molar-refractivity contribution in [3.63, 3.8) is 0 Å². The first-order valence-corrected chi connectivity index (χ1v) is 2.78. The van der Waals surface area contributed by atoms with Crippen molar-refractivity contribution in [2.45, 2.75) is 0 Å². The minimum absolute atomic E-state index is 0.889. The Bertz CT molecular complexity index is 37.8. The predicted molar refractivity (Wildman–Crippen MR) is 31.8 cm³/mol. The highest BCUT2D eigenvalue weighted by atomic mass is 32.1. The smallest absolute Gasteiger partial charge is 0.197 e. The van der Waals surface area contributed by atoms with E-state index in [1.165, 1.54) is 0 Å². The lowest BCUT2D eigenvalue weighted by Gasteiger charge is -2.10. The minimum Gasteiger partial charge on any atom is -0.379 e. The second-order valence-corrected chi connectivity index (χ2v) is 1.36. The molecule has 0 aliphatic carbocycles. The number of hydrogen-bond donors (Lipinski definition) is 1. The molecular formula is C4H9NO2S. The van der Waals surface area contributed by atoms with Crippen LogP contribution in [0, 0.1) is 0 Å². The van der Waals surface area contributed by atoms with E-state index in [4.69, 9.17) is 8.95 Å². The van der Waals surface area contributed by atoms with Gasteiger partial charge in [0.1, 0.15) is 0 Å². The predicted octanol–water partition coefficient (Wildman–Crippen LogP) is -0.730. The van der Waals surface area contributed by atoms with Crippen molar-refractivity contribution in [2.24, 2.45) is 0 Å². The van der Waals surface area contributed by atoms with Crippen molar-refractivity contribution in [1.82, 2.24) is 5.32 Å². The number of hydrogen-bond acceptors (Lipinski definition) is 4. The second kappa shape index (κ2) is 6.94. The van der Waals surface area contributed by atoms with Crippen molar-refractivity contribution in [2.75, 3.05) is 26.3 Å². The van der Waals surface area contributed by atoms with E-state index in [1.54, 1.807) is 0 Å². The molecule has 1 N–H and O–H groups in total. The van der Waals surface area contributed by atoms with Gasteiger partial charge in [-0.25, -0.2) is 0 Å². The maximum Gasteiger partial charge on any atom is 0.197 e. The van der Waals surface area contributed by atoms with Gasteiger partial charge in [-0.05, 0) is 0 Å². The number of morpholine rings is 1. The molecule has 0 aromatic carbocycles. The van der Waals surface area contributed by atoms with Crippen molar-refractivity contribution < 1.29 is 8.95 Å². The summed E-state index contributed by atoms with van der Waals surface area (Å²) in [5, 5.41) is 3.16. The molecule has 0 saturated carbocycles. The van der Waals surface area contributed by atoms with Gasteiger partial charge < -0.3 is 10.1 Å². The molecular weight excluding hydrogens is 126 g/mol. The highest BCUT2D eigenvalue weighted by molar-refractivity contribution is 7.44. The number of ether oxygens (including phenoxy) is 1. The van der Waals surface area contributed by atoms with Crippen molar-refractivity contribution in [1.29, 1.82) is 0 Å². The van der Waals surface area contributed by atoms with Gasteiger partial charge in [0.15, 0.2) is 12.5 Å². The van der Waals surface area contributed by atoms with E-state index in [2.05, 4.69) is 17.9 Å². The summed E-state index contributed by atoms with van der Waals surface area (Å²) in [6, 6.07) is 0. The molecule has 48 valence electrons. The zero-order valence-electron chi connectivity index (χ0n) is 4.55. The molecule has 0 unspecified atom stereocenters. The normalized spacial score (nSPS) is 18.5. The van der Waals surface area contributed by atoms with Crippen molar-refractivity contribution >= 4 is 12.5 Å². The molecule has 4 heteroatoms. The Morgan fingerprint density at radius 2 is 1.75 bits per heavy atom. The lowest BCUT2D eigenvalue weighted by atomic mass is 10.5. The molecule has 1 heterocycles. The Morgan fingerprint density at radius 1 is 1.25 bits per heavy atom. The summed E-state index contributed by atoms with van der Waals surface area (Å²) >= 11 is 2.83. The molecule has 3 nitrogen and oxygen atoms in total. The maximum absolute atomic E-state index is 7.83. The van der Waals surface area contributed by atoms with Crippen LogP contribution in [0.1, 0.15) is 0 Å². The van der Waals surface area contributed by atoms with Gasteiger partial charge in [0.2, 0.25) is 0 Å². The summed E-state index contributed by atoms with van der Waals surface area (Å²) in [5.41, 5.74) is 0. The van der Waals surface area contributed by atoms with Crippen LogP contribution in [0.25, 0.3) is 0 Å². The van der Waals surface area contributed by atoms with Gasteiger partial charge in [-0.15, -0.1) is 0 Å². The van der Waals surface area contributed by atoms with E-state index in [0.29, 0.717) is 0 Å². The number of nitrogens with one attached hydrogen (secondary N) is 1. The van der Waals surface area contributed by atoms with Gasteiger partial charge in [0.05, 0.1) is 13.2 Å². The van der Waals surface area contributed by atoms with E-state index in [1.807, 2.05) is 0 Å². The quantitative estimate of drug-likeness (QED) is 0.475. The molecule has 8 heavy (non-hydrogen) atoms. The first kappa shape index (κ1) is 7.94. The largest absolute Gasteiger partial charge is 0.379 e. The zero-order valence-corrected chi connectivity index (χ0v) is 5.37. The van der Waals surface area contributed by atoms with Crippen molar-refractivity contribution in [3.05, 3.63) is 0 Å². The third-order valence-electron chi connectivity index (χ3n) is 0.846. The van der Waals surface area contributed by atoms with Crippen LogP contribution in [0.2, 0.25) is 0 Å². The summed E-state index contributed by atoms with van der Waals surface area (Å²) in [6.07, 6.45) is 0. The molecule has 1 aliphatic rings. The van der Waals surface area contributed by atoms with Crippen LogP contribution >= 0.6 is 0 Å². The molecule has 0 amide bonds. The van der Waals surface area contributed by atoms with E-state index in [0.717, 1.165) is 26.3 Å². The fraction of sp³-hybridized carbons (Fsp3) is 1.00. The highest BCUT2D eigenvalue weighted by Crippen LogP contribution is 1.76. The lowest BCUT2D eigenvalue weighted by molar-refractivity contribution is 0.109. The molecule has 1 saturated heterocycles. The fourth-order valence-corrected chi connectivity index (χ4v) is 0.516. The second-order valence-electron chi connectivity index (χ2n) is 1.36. The van der Waals surface area contributed by atoms with Crippen LogP contribution in [0.4, 0.5) is 0 Å². The van der Waals surface area contributed by atoms with E-state index < -0.39 is 0 Å². The van der Waals surface area contributed by atoms with Crippen LogP contribution in [-0.4, -0.2) is 30.5 Å². The van der Waals surface area contributed by atoms with E-state index in [9.17, 15) is 0 Å². The maximum atomic E-state index is 7.83. The van der Waals surface area contributed by atoms with Crippen LogP contribution in [0.15, 0.2) is 0 Å². The third-order valence-corrected chi connectivity index (χ3v) is 0.846. The molecule has 0 radical (unpaired) electrons. The zero-order chi connectivity index (χ0) is 6.24. The van der Waals surface area contributed by atoms with Crippen LogP contribution < -0.4 is 5.32 Å². The van der Waals surface area contributed by atoms with E-state index >= 15 is 0 Å². The van der Waals surface area contributed by atoms with Gasteiger partial charge in [-0.3, -0.25) is 0 Å². The SMILES string of the molecule is C1COCCN1.O=S. The first-order valence-electron chi connectivity index (χ1n) is 2.45. The molecule has 1 rings (SSSR count). The Morgan fingerprint density at radius 3 is 1.88 bits per heavy atom. The molecule has 0 aromatic heterocycles. The lowest BCUT2D eigenvalue weighted by Crippen LogP contribution is -2.30. The highest BCUT2D eigenvalue weighted by Gasteiger charge is 1.92. The summed E-state index contributed by atoms with van der Waals surface area (Å²) in [7, 11) is 0. The van der Waals surface area contributed by atoms with Crippen LogP contribution in [0.5, 0.6) is 0 Å². The number of rotatable bonds is 0. The summed E-state index contributed by atoms with van der Waals surface area (Å²) in [4.78, 5) is 0. The Kier molecular flexibility index (Phi) is 6.89. The van der Waals surface area contributed by atoms with Crippen molar-refractivity contribution in [3.8, 4) is 0 Å². The molecule has 0 aromatic rings. The van der Waals surface area contributed by atoms with Gasteiger partial charge in [0.25, 0.3) is 0 Å². The fourth-order valence-electron chi connectivity index (χ4n) is 0.516. The molecule has 0 spiro atoms. The Balaban J connectivity index is 0.000000222. The Labute approximate surface area is 53.9 Å². The molecule has 1 fully saturated rings. The van der Waals surface area contributed by atoms with Crippen LogP contribution in [-0.2, 0) is 17.3 Å². The average Bonchev–Trinajstić information content (AvgIpc) is 1.96. The standard InChI is InChI=1S/C4H9NO.OS/c1-3-6-4-2-5-1;1-2/h5H,1-4H2;. The van der Waals surface area contributed by atoms with E-state index in [-0.39, 0.29) is 0 Å². The van der Waals surface area contributed by atoms with Crippen LogP contribution in [0.3, 0.4) is 0 Å². The van der Waals surface area contributed by atoms with Gasteiger partial charge >= 0.3 is 0 Å². The topological polar surface area (TPSA) is 38.3 Å². The first-order chi connectivity index (χ1) is 4.00. The molecule has 0 atom stereocenters. The Hall–Kier alpha value is -0.0600. The van der Waals surface area contributed by atoms with Gasteiger partial charge in [0, 0.05) is 13.1 Å². The monoisotopic (exact) mass is 135 g/mol. The minimum atomic E-state index is 0.889. The van der Waals surface area contributed by atoms with Gasteiger partial charge in [-0.2, -0.15) is 4.21 Å². The third kappa shape index (κ3) is 4.11. The van der Waals surface area contributed by atoms with Gasteiger partial charge in [-0.1, -0.05) is 0 Å². The summed E-state index contributed by atoms with van der Waals surface area (Å²) in [5.74, 6) is 0. The molecule has 1 aliphatic heterocycles. The molecule has 0 bridgehead atoms.